The molecule has 220 valence electrons. The minimum atomic E-state index is -4.53. The predicted octanol–water partition coefficient (Wildman–Crippen LogP) is 2.79. The molecule has 0 saturated carbocycles. The Balaban J connectivity index is 1.23. The second-order valence-electron chi connectivity index (χ2n) is 10.7. The molecular weight excluding hydrogens is 561 g/mol. The van der Waals surface area contributed by atoms with Crippen LogP contribution in [-0.4, -0.2) is 72.5 Å². The number of aliphatic hydroxyl groups is 1. The summed E-state index contributed by atoms with van der Waals surface area (Å²) in [7, 11) is -3.67. The number of hydrogen-bond donors (Lipinski definition) is 2. The Morgan fingerprint density at radius 3 is 2.51 bits per heavy atom. The largest absolute Gasteiger partial charge is 0.416 e. The van der Waals surface area contributed by atoms with E-state index in [9.17, 15) is 36.3 Å². The molecule has 1 atom stereocenters. The normalized spacial score (nSPS) is 21.4. The standard InChI is InChI=1S/C28H31F3N4O5S/c1-18-15-22(35-23(17-36)7-8-24(35)37)6-5-19(18)9-14-41(39,40)34-12-10-27(11-13-34)26(38)32-25(33-27)20-3-2-4-21(16-20)28(29,30)31/h2-6,15-16,23,36H,7-14,17H2,1H3,(H,32,33,38). The quantitative estimate of drug-likeness (QED) is 0.513. The van der Waals surface area contributed by atoms with Gasteiger partial charge in [0.15, 0.2) is 0 Å². The molecule has 0 aliphatic carbocycles. The fraction of sp³-hybridized carbons (Fsp3) is 0.464. The number of benzene rings is 2. The average Bonchev–Trinajstić information content (AvgIpc) is 3.46. The first-order valence-electron chi connectivity index (χ1n) is 13.4. The first kappa shape index (κ1) is 29.2. The van der Waals surface area contributed by atoms with Crippen LogP contribution in [0.3, 0.4) is 0 Å². The monoisotopic (exact) mass is 592 g/mol. The molecule has 41 heavy (non-hydrogen) atoms. The summed E-state index contributed by atoms with van der Waals surface area (Å²) in [5.41, 5.74) is 0.410. The zero-order valence-corrected chi connectivity index (χ0v) is 23.3. The number of carbonyl (C=O) groups is 2. The molecule has 2 N–H and O–H groups in total. The highest BCUT2D eigenvalue weighted by atomic mass is 32.2. The van der Waals surface area contributed by atoms with Gasteiger partial charge in [-0.3, -0.25) is 14.6 Å². The van der Waals surface area contributed by atoms with E-state index in [0.29, 0.717) is 18.5 Å². The molecule has 13 heteroatoms. The van der Waals surface area contributed by atoms with Crippen molar-refractivity contribution in [2.75, 3.05) is 30.3 Å². The molecule has 1 spiro atoms. The maximum absolute atomic E-state index is 13.2. The van der Waals surface area contributed by atoms with Crippen LogP contribution in [0, 0.1) is 6.92 Å². The maximum atomic E-state index is 13.2. The van der Waals surface area contributed by atoms with Gasteiger partial charge in [0.05, 0.1) is 24.0 Å². The van der Waals surface area contributed by atoms with Crippen molar-refractivity contribution >= 4 is 33.4 Å². The van der Waals surface area contributed by atoms with E-state index < -0.39 is 33.2 Å². The van der Waals surface area contributed by atoms with Gasteiger partial charge in [-0.25, -0.2) is 12.7 Å². The Labute approximate surface area is 236 Å². The molecule has 2 fully saturated rings. The third-order valence-corrected chi connectivity index (χ3v) is 10.0. The van der Waals surface area contributed by atoms with Crippen molar-refractivity contribution in [2.24, 2.45) is 4.99 Å². The van der Waals surface area contributed by atoms with Gasteiger partial charge in [-0.05, 0) is 68.0 Å². The van der Waals surface area contributed by atoms with Crippen LogP contribution in [0.2, 0.25) is 0 Å². The number of carbonyl (C=O) groups excluding carboxylic acids is 2. The van der Waals surface area contributed by atoms with Crippen LogP contribution >= 0.6 is 0 Å². The number of rotatable bonds is 7. The van der Waals surface area contributed by atoms with Crippen molar-refractivity contribution in [3.05, 3.63) is 64.7 Å². The number of anilines is 1. The summed E-state index contributed by atoms with van der Waals surface area (Å²) in [5.74, 6) is -0.591. The van der Waals surface area contributed by atoms with E-state index in [2.05, 4.69) is 10.3 Å². The number of aliphatic imine (C=N–C) groups is 1. The zero-order chi connectivity index (χ0) is 29.6. The smallest absolute Gasteiger partial charge is 0.394 e. The number of hydrogen-bond acceptors (Lipinski definition) is 6. The fourth-order valence-electron chi connectivity index (χ4n) is 5.72. The number of halogens is 3. The number of aryl methyl sites for hydroxylation is 2. The van der Waals surface area contributed by atoms with E-state index in [-0.39, 0.29) is 68.1 Å². The summed E-state index contributed by atoms with van der Waals surface area (Å²) >= 11 is 0. The van der Waals surface area contributed by atoms with Gasteiger partial charge in [0.2, 0.25) is 15.9 Å². The fourth-order valence-corrected chi connectivity index (χ4v) is 7.19. The van der Waals surface area contributed by atoms with Crippen LogP contribution in [0.4, 0.5) is 18.9 Å². The summed E-state index contributed by atoms with van der Waals surface area (Å²) in [4.78, 5) is 31.2. The van der Waals surface area contributed by atoms with E-state index in [1.165, 1.54) is 16.4 Å². The summed E-state index contributed by atoms with van der Waals surface area (Å²) in [5, 5.41) is 12.2. The Kier molecular flexibility index (Phi) is 7.72. The van der Waals surface area contributed by atoms with Crippen LogP contribution in [0.5, 0.6) is 0 Å². The van der Waals surface area contributed by atoms with Gasteiger partial charge in [0, 0.05) is 30.8 Å². The molecule has 2 amide bonds. The van der Waals surface area contributed by atoms with Crippen LogP contribution in [0.1, 0.15) is 47.9 Å². The number of amides is 2. The molecule has 2 saturated heterocycles. The van der Waals surface area contributed by atoms with Crippen molar-refractivity contribution < 1.29 is 36.3 Å². The minimum absolute atomic E-state index is 0.0520. The van der Waals surface area contributed by atoms with Gasteiger partial charge in [-0.2, -0.15) is 13.2 Å². The van der Waals surface area contributed by atoms with E-state index in [0.717, 1.165) is 23.3 Å². The summed E-state index contributed by atoms with van der Waals surface area (Å²) in [6.45, 7) is 1.85. The lowest BCUT2D eigenvalue weighted by atomic mass is 9.89. The molecule has 3 aliphatic heterocycles. The van der Waals surface area contributed by atoms with Crippen LogP contribution in [-0.2, 0) is 32.2 Å². The molecular formula is C28H31F3N4O5S. The predicted molar refractivity (Wildman–Crippen MR) is 146 cm³/mol. The topological polar surface area (TPSA) is 119 Å². The Hall–Kier alpha value is -3.29. The van der Waals surface area contributed by atoms with Gasteiger partial charge in [-0.1, -0.05) is 18.2 Å². The molecule has 0 bridgehead atoms. The highest BCUT2D eigenvalue weighted by molar-refractivity contribution is 7.89. The molecule has 3 aliphatic rings. The van der Waals surface area contributed by atoms with Crippen LogP contribution < -0.4 is 10.2 Å². The minimum Gasteiger partial charge on any atom is -0.394 e. The lowest BCUT2D eigenvalue weighted by molar-refractivity contribution is -0.137. The number of amidine groups is 1. The lowest BCUT2D eigenvalue weighted by Crippen LogP contribution is -2.50. The zero-order valence-electron chi connectivity index (χ0n) is 22.4. The first-order valence-corrected chi connectivity index (χ1v) is 15.0. The van der Waals surface area contributed by atoms with Gasteiger partial charge < -0.3 is 15.3 Å². The highest BCUT2D eigenvalue weighted by Crippen LogP contribution is 2.34. The molecule has 3 heterocycles. The summed E-state index contributed by atoms with van der Waals surface area (Å²) < 4.78 is 67.1. The second kappa shape index (κ2) is 10.8. The Morgan fingerprint density at radius 2 is 1.85 bits per heavy atom. The Morgan fingerprint density at radius 1 is 1.12 bits per heavy atom. The molecule has 0 radical (unpaired) electrons. The van der Waals surface area contributed by atoms with Crippen LogP contribution in [0.15, 0.2) is 47.5 Å². The highest BCUT2D eigenvalue weighted by Gasteiger charge is 2.47. The molecule has 5 rings (SSSR count). The molecule has 2 aromatic rings. The molecule has 2 aromatic carbocycles. The van der Waals surface area contributed by atoms with Gasteiger partial charge in [-0.15, -0.1) is 0 Å². The third kappa shape index (κ3) is 5.75. The molecule has 1 unspecified atom stereocenters. The number of nitrogens with one attached hydrogen (secondary N) is 1. The summed E-state index contributed by atoms with van der Waals surface area (Å²) in [6.07, 6.45) is -3.08. The third-order valence-electron chi connectivity index (χ3n) is 8.16. The van der Waals surface area contributed by atoms with E-state index >= 15 is 0 Å². The number of aliphatic hydroxyl groups excluding tert-OH is 1. The van der Waals surface area contributed by atoms with Gasteiger partial charge >= 0.3 is 6.18 Å². The number of nitrogens with zero attached hydrogens (tertiary/aromatic N) is 3. The number of piperidine rings is 1. The van der Waals surface area contributed by atoms with Crippen molar-refractivity contribution in [3.8, 4) is 0 Å². The average molecular weight is 593 g/mol. The molecule has 0 aromatic heterocycles. The molecule has 9 nitrogen and oxygen atoms in total. The Bertz CT molecular complexity index is 1500. The number of alkyl halides is 3. The van der Waals surface area contributed by atoms with E-state index in [1.54, 1.807) is 17.0 Å². The van der Waals surface area contributed by atoms with Crippen molar-refractivity contribution in [3.63, 3.8) is 0 Å². The van der Waals surface area contributed by atoms with Gasteiger partial charge in [0.1, 0.15) is 11.4 Å². The SMILES string of the molecule is Cc1cc(N2C(=O)CCC2CO)ccc1CCS(=O)(=O)N1CCC2(CC1)N=C(c1cccc(C(F)(F)F)c1)NC2=O. The van der Waals surface area contributed by atoms with Crippen molar-refractivity contribution in [2.45, 2.75) is 56.8 Å². The van der Waals surface area contributed by atoms with Crippen molar-refractivity contribution in [1.82, 2.24) is 9.62 Å². The van der Waals surface area contributed by atoms with Crippen LogP contribution in [0.25, 0.3) is 0 Å². The maximum Gasteiger partial charge on any atom is 0.416 e. The first-order chi connectivity index (χ1) is 19.3. The second-order valence-corrected chi connectivity index (χ2v) is 12.8. The van der Waals surface area contributed by atoms with E-state index in [1.807, 2.05) is 13.0 Å². The van der Waals surface area contributed by atoms with Crippen molar-refractivity contribution in [1.29, 1.82) is 0 Å². The number of sulfonamides is 1. The van der Waals surface area contributed by atoms with E-state index in [4.69, 9.17) is 0 Å². The summed E-state index contributed by atoms with van der Waals surface area (Å²) in [6, 6.07) is 9.70. The lowest BCUT2D eigenvalue weighted by Gasteiger charge is -2.34. The van der Waals surface area contributed by atoms with Gasteiger partial charge in [0.25, 0.3) is 5.91 Å².